The second kappa shape index (κ2) is 6.99. The molecule has 2 aromatic heterocycles. The molecule has 1 amide bonds. The van der Waals surface area contributed by atoms with Gasteiger partial charge < -0.3 is 9.80 Å². The lowest BCUT2D eigenvalue weighted by Crippen LogP contribution is -2.25. The number of hydrogen-bond donors (Lipinski definition) is 0. The van der Waals surface area contributed by atoms with Gasteiger partial charge in [-0.3, -0.25) is 9.48 Å². The first-order valence-corrected chi connectivity index (χ1v) is 8.69. The fourth-order valence-electron chi connectivity index (χ4n) is 3.11. The SMILES string of the molecule is CN(C)C(=O)c1ccnc(N2Cc3cn(Cc4ccc(F)c(F)c4)nc3C2)n1. The van der Waals surface area contributed by atoms with Crippen molar-refractivity contribution in [2.24, 2.45) is 0 Å². The maximum absolute atomic E-state index is 13.4. The predicted molar refractivity (Wildman–Crippen MR) is 97.6 cm³/mol. The van der Waals surface area contributed by atoms with Crippen molar-refractivity contribution in [3.05, 3.63) is 70.8 Å². The predicted octanol–water partition coefficient (Wildman–Crippen LogP) is 2.22. The molecule has 0 atom stereocenters. The smallest absolute Gasteiger partial charge is 0.272 e. The summed E-state index contributed by atoms with van der Waals surface area (Å²) < 4.78 is 28.1. The molecule has 1 aromatic carbocycles. The van der Waals surface area contributed by atoms with E-state index in [1.54, 1.807) is 37.1 Å². The third-order valence-electron chi connectivity index (χ3n) is 4.51. The summed E-state index contributed by atoms with van der Waals surface area (Å²) >= 11 is 0. The molecule has 28 heavy (non-hydrogen) atoms. The standard InChI is InChI=1S/C19H18F2N6O/c1-25(2)18(28)16-5-6-22-19(23-16)26-9-13-10-27(24-17(13)11-26)8-12-3-4-14(20)15(21)7-12/h3-7,10H,8-9,11H2,1-2H3. The molecule has 1 aliphatic rings. The Morgan fingerprint density at radius 3 is 2.71 bits per heavy atom. The van der Waals surface area contributed by atoms with Crippen molar-refractivity contribution < 1.29 is 13.6 Å². The minimum Gasteiger partial charge on any atom is -0.343 e. The van der Waals surface area contributed by atoms with Crippen LogP contribution < -0.4 is 4.90 Å². The van der Waals surface area contributed by atoms with Crippen LogP contribution in [0.1, 0.15) is 27.3 Å². The molecule has 0 spiro atoms. The van der Waals surface area contributed by atoms with Crippen LogP contribution in [-0.2, 0) is 19.6 Å². The Morgan fingerprint density at radius 2 is 2.00 bits per heavy atom. The molecule has 0 aliphatic carbocycles. The number of fused-ring (bicyclic) bond motifs is 1. The number of anilines is 1. The van der Waals surface area contributed by atoms with Gasteiger partial charge >= 0.3 is 0 Å². The lowest BCUT2D eigenvalue weighted by atomic mass is 10.2. The van der Waals surface area contributed by atoms with E-state index < -0.39 is 11.6 Å². The van der Waals surface area contributed by atoms with Gasteiger partial charge in [-0.1, -0.05) is 6.07 Å². The summed E-state index contributed by atoms with van der Waals surface area (Å²) in [5.74, 6) is -1.44. The van der Waals surface area contributed by atoms with Gasteiger partial charge in [0.05, 0.1) is 18.8 Å². The van der Waals surface area contributed by atoms with Crippen molar-refractivity contribution in [3.63, 3.8) is 0 Å². The molecule has 7 nitrogen and oxygen atoms in total. The topological polar surface area (TPSA) is 67.2 Å². The van der Waals surface area contributed by atoms with Gasteiger partial charge in [0.25, 0.3) is 5.91 Å². The molecule has 0 fully saturated rings. The number of benzene rings is 1. The van der Waals surface area contributed by atoms with E-state index in [0.29, 0.717) is 36.8 Å². The van der Waals surface area contributed by atoms with Gasteiger partial charge in [-0.2, -0.15) is 5.10 Å². The summed E-state index contributed by atoms with van der Waals surface area (Å²) in [6.45, 7) is 1.43. The quantitative estimate of drug-likeness (QED) is 0.690. The number of carbonyl (C=O) groups excluding carboxylic acids is 1. The summed E-state index contributed by atoms with van der Waals surface area (Å²) in [6.07, 6.45) is 3.45. The van der Waals surface area contributed by atoms with E-state index >= 15 is 0 Å². The molecule has 9 heteroatoms. The average Bonchev–Trinajstić information content (AvgIpc) is 3.23. The normalized spacial score (nSPS) is 12.9. The second-order valence-corrected chi connectivity index (χ2v) is 6.84. The fourth-order valence-corrected chi connectivity index (χ4v) is 3.11. The summed E-state index contributed by atoms with van der Waals surface area (Å²) in [5.41, 5.74) is 2.85. The Morgan fingerprint density at radius 1 is 1.18 bits per heavy atom. The fraction of sp³-hybridized carbons (Fsp3) is 0.263. The van der Waals surface area contributed by atoms with Gasteiger partial charge in [0.2, 0.25) is 5.95 Å². The van der Waals surface area contributed by atoms with Gasteiger partial charge in [0.1, 0.15) is 5.69 Å². The van der Waals surface area contributed by atoms with E-state index in [9.17, 15) is 13.6 Å². The summed E-state index contributed by atoms with van der Waals surface area (Å²) in [5, 5.41) is 4.53. The Labute approximate surface area is 160 Å². The van der Waals surface area contributed by atoms with Crippen molar-refractivity contribution in [2.45, 2.75) is 19.6 Å². The van der Waals surface area contributed by atoms with Crippen LogP contribution in [0.25, 0.3) is 0 Å². The zero-order valence-electron chi connectivity index (χ0n) is 15.4. The summed E-state index contributed by atoms with van der Waals surface area (Å²) in [6, 6.07) is 5.42. The number of aromatic nitrogens is 4. The molecule has 0 radical (unpaired) electrons. The molecule has 0 bridgehead atoms. The zero-order valence-corrected chi connectivity index (χ0v) is 15.4. The molecule has 3 aromatic rings. The van der Waals surface area contributed by atoms with Crippen molar-refractivity contribution >= 4 is 11.9 Å². The highest BCUT2D eigenvalue weighted by Crippen LogP contribution is 2.25. The number of carbonyl (C=O) groups is 1. The van der Waals surface area contributed by atoms with Crippen molar-refractivity contribution in [1.29, 1.82) is 0 Å². The van der Waals surface area contributed by atoms with Crippen LogP contribution in [0.3, 0.4) is 0 Å². The number of rotatable bonds is 4. The first kappa shape index (κ1) is 18.0. The van der Waals surface area contributed by atoms with E-state index in [4.69, 9.17) is 0 Å². The van der Waals surface area contributed by atoms with E-state index in [1.165, 1.54) is 11.0 Å². The molecule has 0 N–H and O–H groups in total. The zero-order chi connectivity index (χ0) is 19.8. The molecule has 0 saturated heterocycles. The van der Waals surface area contributed by atoms with Gasteiger partial charge in [0, 0.05) is 38.6 Å². The highest BCUT2D eigenvalue weighted by atomic mass is 19.2. The van der Waals surface area contributed by atoms with Gasteiger partial charge in [0.15, 0.2) is 11.6 Å². The molecular weight excluding hydrogens is 366 g/mol. The van der Waals surface area contributed by atoms with E-state index in [0.717, 1.165) is 17.3 Å². The minimum atomic E-state index is -0.868. The molecule has 0 unspecified atom stereocenters. The molecule has 0 saturated carbocycles. The van der Waals surface area contributed by atoms with Crippen LogP contribution in [0.15, 0.2) is 36.7 Å². The first-order chi connectivity index (χ1) is 13.4. The molecule has 1 aliphatic heterocycles. The molecular formula is C19H18F2N6O. The maximum Gasteiger partial charge on any atom is 0.272 e. The van der Waals surface area contributed by atoms with Crippen molar-refractivity contribution in [2.75, 3.05) is 19.0 Å². The Bertz CT molecular complexity index is 1030. The van der Waals surface area contributed by atoms with Crippen LogP contribution in [0.4, 0.5) is 14.7 Å². The number of hydrogen-bond acceptors (Lipinski definition) is 5. The lowest BCUT2D eigenvalue weighted by Gasteiger charge is -2.17. The van der Waals surface area contributed by atoms with E-state index in [1.807, 2.05) is 11.1 Å². The third-order valence-corrected chi connectivity index (χ3v) is 4.51. The van der Waals surface area contributed by atoms with Crippen LogP contribution in [0.2, 0.25) is 0 Å². The van der Waals surface area contributed by atoms with E-state index in [2.05, 4.69) is 15.1 Å². The van der Waals surface area contributed by atoms with Gasteiger partial charge in [-0.05, 0) is 23.8 Å². The van der Waals surface area contributed by atoms with Crippen molar-refractivity contribution in [3.8, 4) is 0 Å². The summed E-state index contributed by atoms with van der Waals surface area (Å²) in [4.78, 5) is 24.1. The number of nitrogens with zero attached hydrogens (tertiary/aromatic N) is 6. The van der Waals surface area contributed by atoms with Crippen LogP contribution in [0.5, 0.6) is 0 Å². The molecule has 144 valence electrons. The first-order valence-electron chi connectivity index (χ1n) is 8.69. The Hall–Kier alpha value is -3.36. The lowest BCUT2D eigenvalue weighted by molar-refractivity contribution is 0.0822. The van der Waals surface area contributed by atoms with Gasteiger partial charge in [-0.25, -0.2) is 18.7 Å². The van der Waals surface area contributed by atoms with E-state index in [-0.39, 0.29) is 5.91 Å². The average molecular weight is 384 g/mol. The Kier molecular flexibility index (Phi) is 4.50. The second-order valence-electron chi connectivity index (χ2n) is 6.84. The third kappa shape index (κ3) is 3.42. The molecule has 3 heterocycles. The molecule has 4 rings (SSSR count). The van der Waals surface area contributed by atoms with Crippen LogP contribution >= 0.6 is 0 Å². The number of halogens is 2. The van der Waals surface area contributed by atoms with Crippen molar-refractivity contribution in [1.82, 2.24) is 24.6 Å². The highest BCUT2D eigenvalue weighted by molar-refractivity contribution is 5.92. The maximum atomic E-state index is 13.4. The monoisotopic (exact) mass is 384 g/mol. The largest absolute Gasteiger partial charge is 0.343 e. The van der Waals surface area contributed by atoms with Crippen LogP contribution in [0, 0.1) is 11.6 Å². The minimum absolute atomic E-state index is 0.183. The highest BCUT2D eigenvalue weighted by Gasteiger charge is 2.25. The Balaban J connectivity index is 1.48. The summed E-state index contributed by atoms with van der Waals surface area (Å²) in [7, 11) is 3.34. The van der Waals surface area contributed by atoms with Gasteiger partial charge in [-0.15, -0.1) is 0 Å². The number of amides is 1. The van der Waals surface area contributed by atoms with Crippen LogP contribution in [-0.4, -0.2) is 44.7 Å².